The summed E-state index contributed by atoms with van der Waals surface area (Å²) >= 11 is 0. The highest BCUT2D eigenvalue weighted by Crippen LogP contribution is 2.21. The van der Waals surface area contributed by atoms with Gasteiger partial charge in [-0.2, -0.15) is 0 Å². The molecule has 4 nitrogen and oxygen atoms in total. The molecule has 1 aromatic rings. The van der Waals surface area contributed by atoms with Crippen molar-refractivity contribution >= 4 is 11.9 Å². The Morgan fingerprint density at radius 2 is 2.25 bits per heavy atom. The molecule has 5 heteroatoms. The van der Waals surface area contributed by atoms with E-state index in [9.17, 15) is 14.0 Å². The van der Waals surface area contributed by atoms with Crippen LogP contribution in [0.25, 0.3) is 0 Å². The van der Waals surface area contributed by atoms with Gasteiger partial charge in [0, 0.05) is 12.5 Å². The van der Waals surface area contributed by atoms with Crippen LogP contribution < -0.4 is 0 Å². The second-order valence-corrected chi connectivity index (χ2v) is 5.26. The van der Waals surface area contributed by atoms with Crippen molar-refractivity contribution in [2.24, 2.45) is 5.92 Å². The lowest BCUT2D eigenvalue weighted by molar-refractivity contribution is -0.149. The van der Waals surface area contributed by atoms with Gasteiger partial charge in [0.1, 0.15) is 11.9 Å². The molecule has 20 heavy (non-hydrogen) atoms. The molecular weight excluding hydrogens is 261 g/mol. The van der Waals surface area contributed by atoms with Crippen LogP contribution in [0, 0.1) is 11.7 Å². The first-order valence-corrected chi connectivity index (χ1v) is 6.76. The van der Waals surface area contributed by atoms with Crippen molar-refractivity contribution in [3.8, 4) is 0 Å². The molecule has 1 N–H and O–H groups in total. The van der Waals surface area contributed by atoms with Gasteiger partial charge < -0.3 is 10.0 Å². The van der Waals surface area contributed by atoms with Gasteiger partial charge in [0.15, 0.2) is 0 Å². The van der Waals surface area contributed by atoms with Gasteiger partial charge in [0.2, 0.25) is 5.91 Å². The number of carbonyl (C=O) groups is 2. The molecule has 0 saturated carbocycles. The zero-order chi connectivity index (χ0) is 14.7. The van der Waals surface area contributed by atoms with E-state index in [1.54, 1.807) is 19.1 Å². The summed E-state index contributed by atoms with van der Waals surface area (Å²) < 4.78 is 13.1. The van der Waals surface area contributed by atoms with E-state index in [0.717, 1.165) is 12.0 Å². The maximum absolute atomic E-state index is 13.1. The number of nitrogens with zero attached hydrogens (tertiary/aromatic N) is 1. The van der Waals surface area contributed by atoms with Crippen LogP contribution in [0.4, 0.5) is 4.39 Å². The zero-order valence-corrected chi connectivity index (χ0v) is 11.4. The second kappa shape index (κ2) is 6.03. The Balaban J connectivity index is 2.03. The Kier molecular flexibility index (Phi) is 4.37. The van der Waals surface area contributed by atoms with E-state index in [1.165, 1.54) is 17.0 Å². The van der Waals surface area contributed by atoms with E-state index in [2.05, 4.69) is 0 Å². The summed E-state index contributed by atoms with van der Waals surface area (Å²) in [6, 6.07) is 5.43. The number of amides is 1. The largest absolute Gasteiger partial charge is 0.480 e. The fourth-order valence-electron chi connectivity index (χ4n) is 2.68. The van der Waals surface area contributed by atoms with Crippen LogP contribution in [0.2, 0.25) is 0 Å². The van der Waals surface area contributed by atoms with Gasteiger partial charge in [0.25, 0.3) is 0 Å². The van der Waals surface area contributed by atoms with Crippen molar-refractivity contribution in [1.82, 2.24) is 4.90 Å². The Morgan fingerprint density at radius 1 is 1.50 bits per heavy atom. The van der Waals surface area contributed by atoms with Crippen molar-refractivity contribution in [2.45, 2.75) is 32.2 Å². The van der Waals surface area contributed by atoms with Crippen LogP contribution >= 0.6 is 0 Å². The van der Waals surface area contributed by atoms with Gasteiger partial charge in [-0.1, -0.05) is 19.1 Å². The van der Waals surface area contributed by atoms with Crippen LogP contribution in [-0.4, -0.2) is 34.5 Å². The minimum atomic E-state index is -0.950. The zero-order valence-electron chi connectivity index (χ0n) is 11.4. The first kappa shape index (κ1) is 14.5. The normalized spacial score (nSPS) is 19.9. The monoisotopic (exact) mass is 279 g/mol. The van der Waals surface area contributed by atoms with Gasteiger partial charge >= 0.3 is 5.97 Å². The lowest BCUT2D eigenvalue weighted by Crippen LogP contribution is -2.43. The second-order valence-electron chi connectivity index (χ2n) is 5.26. The highest BCUT2D eigenvalue weighted by Gasteiger charge is 2.35. The molecule has 1 aliphatic rings. The van der Waals surface area contributed by atoms with E-state index in [4.69, 9.17) is 5.11 Å². The third kappa shape index (κ3) is 3.15. The first-order chi connectivity index (χ1) is 9.49. The highest BCUT2D eigenvalue weighted by atomic mass is 19.1. The number of benzene rings is 1. The third-order valence-corrected chi connectivity index (χ3v) is 3.67. The Labute approximate surface area is 117 Å². The highest BCUT2D eigenvalue weighted by molar-refractivity contribution is 5.85. The van der Waals surface area contributed by atoms with Crippen LogP contribution in [0.15, 0.2) is 24.3 Å². The fraction of sp³-hybridized carbons (Fsp3) is 0.467. The van der Waals surface area contributed by atoms with Gasteiger partial charge in [0.05, 0.1) is 0 Å². The minimum Gasteiger partial charge on any atom is -0.480 e. The van der Waals surface area contributed by atoms with Crippen LogP contribution in [0.5, 0.6) is 0 Å². The van der Waals surface area contributed by atoms with Gasteiger partial charge in [-0.25, -0.2) is 9.18 Å². The SMILES string of the molecule is CC(Cc1cccc(F)c1)C(=O)N1CCC[C@H]1C(=O)O. The molecule has 0 spiro atoms. The maximum Gasteiger partial charge on any atom is 0.326 e. The number of halogens is 1. The van der Waals surface area contributed by atoms with Gasteiger partial charge in [-0.05, 0) is 37.0 Å². The molecule has 1 aromatic carbocycles. The van der Waals surface area contributed by atoms with Crippen molar-refractivity contribution in [3.05, 3.63) is 35.6 Å². The van der Waals surface area contributed by atoms with E-state index >= 15 is 0 Å². The summed E-state index contributed by atoms with van der Waals surface area (Å²) in [5, 5.41) is 9.10. The number of hydrogen-bond donors (Lipinski definition) is 1. The average molecular weight is 279 g/mol. The maximum atomic E-state index is 13.1. The summed E-state index contributed by atoms with van der Waals surface area (Å²) in [6.45, 7) is 2.24. The third-order valence-electron chi connectivity index (χ3n) is 3.67. The van der Waals surface area contributed by atoms with Crippen molar-refractivity contribution in [2.75, 3.05) is 6.54 Å². The molecule has 108 valence electrons. The van der Waals surface area contributed by atoms with Crippen molar-refractivity contribution in [3.63, 3.8) is 0 Å². The van der Waals surface area contributed by atoms with Crippen LogP contribution in [0.1, 0.15) is 25.3 Å². The smallest absolute Gasteiger partial charge is 0.326 e. The average Bonchev–Trinajstić information content (AvgIpc) is 2.87. The molecule has 2 rings (SSSR count). The topological polar surface area (TPSA) is 57.6 Å². The number of hydrogen-bond acceptors (Lipinski definition) is 2. The predicted octanol–water partition coefficient (Wildman–Crippen LogP) is 2.08. The molecule has 1 heterocycles. The van der Waals surface area contributed by atoms with Crippen molar-refractivity contribution < 1.29 is 19.1 Å². The Bertz CT molecular complexity index is 518. The first-order valence-electron chi connectivity index (χ1n) is 6.76. The summed E-state index contributed by atoms with van der Waals surface area (Å²) in [4.78, 5) is 24.9. The number of carboxylic acids is 1. The number of likely N-dealkylation sites (tertiary alicyclic amines) is 1. The Morgan fingerprint density at radius 3 is 2.90 bits per heavy atom. The quantitative estimate of drug-likeness (QED) is 0.918. The molecule has 1 saturated heterocycles. The molecule has 1 amide bonds. The van der Waals surface area contributed by atoms with Crippen LogP contribution in [-0.2, 0) is 16.0 Å². The van der Waals surface area contributed by atoms with Crippen LogP contribution in [0.3, 0.4) is 0 Å². The number of carbonyl (C=O) groups excluding carboxylic acids is 1. The van der Waals surface area contributed by atoms with Gasteiger partial charge in [-0.3, -0.25) is 4.79 Å². The molecule has 0 aliphatic carbocycles. The molecular formula is C15H18FNO3. The standard InChI is InChI=1S/C15H18FNO3/c1-10(8-11-4-2-5-12(16)9-11)14(18)17-7-3-6-13(17)15(19)20/h2,4-5,9-10,13H,3,6-8H2,1H3,(H,19,20)/t10?,13-/m0/s1. The van der Waals surface area contributed by atoms with Gasteiger partial charge in [-0.15, -0.1) is 0 Å². The summed E-state index contributed by atoms with van der Waals surface area (Å²) in [5.74, 6) is -1.79. The molecule has 2 atom stereocenters. The predicted molar refractivity (Wildman–Crippen MR) is 71.6 cm³/mol. The van der Waals surface area contributed by atoms with E-state index < -0.39 is 12.0 Å². The number of rotatable bonds is 4. The molecule has 1 aliphatic heterocycles. The molecule has 1 unspecified atom stereocenters. The van der Waals surface area contributed by atoms with E-state index in [-0.39, 0.29) is 17.6 Å². The van der Waals surface area contributed by atoms with Crippen molar-refractivity contribution in [1.29, 1.82) is 0 Å². The molecule has 1 fully saturated rings. The molecule has 0 radical (unpaired) electrons. The molecule has 0 aromatic heterocycles. The lowest BCUT2D eigenvalue weighted by atomic mass is 9.99. The molecule has 0 bridgehead atoms. The van der Waals surface area contributed by atoms with E-state index in [1.807, 2.05) is 0 Å². The number of aliphatic carboxylic acids is 1. The summed E-state index contributed by atoms with van der Waals surface area (Å²) in [7, 11) is 0. The Hall–Kier alpha value is -1.91. The van der Waals surface area contributed by atoms with E-state index in [0.29, 0.717) is 19.4 Å². The fourth-order valence-corrected chi connectivity index (χ4v) is 2.68. The number of carboxylic acid groups (broad SMARTS) is 1. The minimum absolute atomic E-state index is 0.167. The lowest BCUT2D eigenvalue weighted by Gasteiger charge is -2.25. The summed E-state index contributed by atoms with van der Waals surface area (Å²) in [6.07, 6.45) is 1.64. The summed E-state index contributed by atoms with van der Waals surface area (Å²) in [5.41, 5.74) is 0.747.